The van der Waals surface area contributed by atoms with Gasteiger partial charge in [0.15, 0.2) is 0 Å². The van der Waals surface area contributed by atoms with E-state index in [0.717, 1.165) is 5.82 Å². The minimum absolute atomic E-state index is 0.582. The van der Waals surface area contributed by atoms with Crippen LogP contribution in [-0.4, -0.2) is 12.0 Å². The zero-order valence-corrected chi connectivity index (χ0v) is 6.78. The van der Waals surface area contributed by atoms with Crippen molar-refractivity contribution in [3.8, 4) is 18.9 Å². The van der Waals surface area contributed by atoms with Gasteiger partial charge in [0.05, 0.1) is 5.56 Å². The summed E-state index contributed by atoms with van der Waals surface area (Å²) in [6, 6.07) is 5.47. The van der Waals surface area contributed by atoms with Gasteiger partial charge < -0.3 is 5.32 Å². The van der Waals surface area contributed by atoms with E-state index < -0.39 is 0 Å². The number of nitrogens with zero attached hydrogens (tertiary/aromatic N) is 2. The van der Waals surface area contributed by atoms with E-state index in [-0.39, 0.29) is 0 Å². The van der Waals surface area contributed by atoms with Crippen LogP contribution in [0.5, 0.6) is 0 Å². The molecule has 0 amide bonds. The molecular weight excluding hydrogens is 150 g/mol. The van der Waals surface area contributed by atoms with Crippen LogP contribution in [0.25, 0.3) is 0 Å². The van der Waals surface area contributed by atoms with Crippen LogP contribution in [-0.2, 0) is 0 Å². The van der Waals surface area contributed by atoms with Gasteiger partial charge in [-0.1, -0.05) is 0 Å². The molecule has 1 rings (SSSR count). The van der Waals surface area contributed by atoms with Crippen molar-refractivity contribution in [2.75, 3.05) is 12.4 Å². The number of hydrogen-bond donors (Lipinski definition) is 1. The Bertz CT molecular complexity index is 279. The topological polar surface area (TPSA) is 48.7 Å². The summed E-state index contributed by atoms with van der Waals surface area (Å²) in [5.41, 5.74) is 0.582. The number of anilines is 1. The fourth-order valence-corrected chi connectivity index (χ4v) is 0.608. The van der Waals surface area contributed by atoms with Crippen molar-refractivity contribution in [2.45, 2.75) is 0 Å². The van der Waals surface area contributed by atoms with E-state index in [0.29, 0.717) is 5.56 Å². The minimum atomic E-state index is 0.582. The highest BCUT2D eigenvalue weighted by Crippen LogP contribution is 2.01. The standard InChI is InChI=1S/C7H7N3.C2H2/c1-9-7-3-2-6(4-8)5-10-7;1-2/h2-3,5H,1H3,(H,9,10);1-2H. The summed E-state index contributed by atoms with van der Waals surface area (Å²) in [5, 5.41) is 11.2. The van der Waals surface area contributed by atoms with Crippen LogP contribution in [0.1, 0.15) is 5.56 Å². The van der Waals surface area contributed by atoms with E-state index in [1.807, 2.05) is 6.07 Å². The lowest BCUT2D eigenvalue weighted by Gasteiger charge is -1.95. The Labute approximate surface area is 72.1 Å². The van der Waals surface area contributed by atoms with Crippen molar-refractivity contribution >= 4 is 5.82 Å². The molecule has 1 heterocycles. The van der Waals surface area contributed by atoms with E-state index in [2.05, 4.69) is 23.1 Å². The van der Waals surface area contributed by atoms with Gasteiger partial charge in [0.2, 0.25) is 0 Å². The summed E-state index contributed by atoms with van der Waals surface area (Å²) in [6.07, 6.45) is 9.53. The Morgan fingerprint density at radius 1 is 1.50 bits per heavy atom. The molecule has 1 aromatic rings. The highest BCUT2D eigenvalue weighted by molar-refractivity contribution is 5.38. The van der Waals surface area contributed by atoms with Crippen molar-refractivity contribution in [1.82, 2.24) is 4.98 Å². The predicted octanol–water partition coefficient (Wildman–Crippen LogP) is 1.24. The molecule has 0 aromatic carbocycles. The summed E-state index contributed by atoms with van der Waals surface area (Å²) in [6.45, 7) is 0. The van der Waals surface area contributed by atoms with Gasteiger partial charge in [0.25, 0.3) is 0 Å². The third kappa shape index (κ3) is 2.72. The first-order chi connectivity index (χ1) is 5.86. The predicted molar refractivity (Wildman–Crippen MR) is 48.4 cm³/mol. The van der Waals surface area contributed by atoms with Gasteiger partial charge in [0, 0.05) is 13.2 Å². The van der Waals surface area contributed by atoms with Crippen molar-refractivity contribution in [1.29, 1.82) is 5.26 Å². The minimum Gasteiger partial charge on any atom is -0.373 e. The third-order valence-corrected chi connectivity index (χ3v) is 1.15. The molecule has 0 saturated heterocycles. The quantitative estimate of drug-likeness (QED) is 0.627. The van der Waals surface area contributed by atoms with Gasteiger partial charge in [-0.05, 0) is 12.1 Å². The Morgan fingerprint density at radius 2 is 2.17 bits per heavy atom. The van der Waals surface area contributed by atoms with Crippen LogP contribution in [0.2, 0.25) is 0 Å². The summed E-state index contributed by atoms with van der Waals surface area (Å²) >= 11 is 0. The van der Waals surface area contributed by atoms with E-state index >= 15 is 0 Å². The lowest BCUT2D eigenvalue weighted by Crippen LogP contribution is -1.90. The number of nitriles is 1. The lowest BCUT2D eigenvalue weighted by molar-refractivity contribution is 1.27. The second-order valence-electron chi connectivity index (χ2n) is 1.79. The van der Waals surface area contributed by atoms with Crippen LogP contribution in [0.15, 0.2) is 18.3 Å². The smallest absolute Gasteiger partial charge is 0.125 e. The Hall–Kier alpha value is -2.00. The zero-order chi connectivity index (χ0) is 9.40. The molecule has 0 fully saturated rings. The fraction of sp³-hybridized carbons (Fsp3) is 0.111. The molecule has 3 nitrogen and oxygen atoms in total. The molecule has 0 radical (unpaired) electrons. The number of aromatic nitrogens is 1. The van der Waals surface area contributed by atoms with Crippen molar-refractivity contribution in [3.63, 3.8) is 0 Å². The summed E-state index contributed by atoms with van der Waals surface area (Å²) in [4.78, 5) is 3.93. The molecule has 60 valence electrons. The molecule has 0 spiro atoms. The monoisotopic (exact) mass is 159 g/mol. The molecule has 0 atom stereocenters. The largest absolute Gasteiger partial charge is 0.373 e. The lowest BCUT2D eigenvalue weighted by atomic mass is 10.3. The fourth-order valence-electron chi connectivity index (χ4n) is 0.608. The summed E-state index contributed by atoms with van der Waals surface area (Å²) in [7, 11) is 1.79. The van der Waals surface area contributed by atoms with Crippen molar-refractivity contribution in [3.05, 3.63) is 23.9 Å². The molecule has 1 N–H and O–H groups in total. The van der Waals surface area contributed by atoms with E-state index in [4.69, 9.17) is 5.26 Å². The van der Waals surface area contributed by atoms with E-state index in [9.17, 15) is 0 Å². The Kier molecular flexibility index (Phi) is 4.80. The van der Waals surface area contributed by atoms with Gasteiger partial charge in [-0.15, -0.1) is 12.8 Å². The highest BCUT2D eigenvalue weighted by atomic mass is 14.9. The molecule has 3 heteroatoms. The van der Waals surface area contributed by atoms with Gasteiger partial charge in [-0.25, -0.2) is 4.98 Å². The molecule has 0 saturated carbocycles. The van der Waals surface area contributed by atoms with Crippen LogP contribution >= 0.6 is 0 Å². The summed E-state index contributed by atoms with van der Waals surface area (Å²) < 4.78 is 0. The maximum atomic E-state index is 8.39. The average Bonchev–Trinajstić information content (AvgIpc) is 2.21. The third-order valence-electron chi connectivity index (χ3n) is 1.15. The summed E-state index contributed by atoms with van der Waals surface area (Å²) in [5.74, 6) is 0.777. The number of rotatable bonds is 1. The van der Waals surface area contributed by atoms with Gasteiger partial charge in [-0.3, -0.25) is 0 Å². The first-order valence-corrected chi connectivity index (χ1v) is 3.24. The molecule has 0 aliphatic heterocycles. The maximum Gasteiger partial charge on any atom is 0.125 e. The van der Waals surface area contributed by atoms with Gasteiger partial charge >= 0.3 is 0 Å². The van der Waals surface area contributed by atoms with Crippen molar-refractivity contribution in [2.24, 2.45) is 0 Å². The SMILES string of the molecule is C#C.CNc1ccc(C#N)cn1. The average molecular weight is 159 g/mol. The van der Waals surface area contributed by atoms with Crippen LogP contribution < -0.4 is 5.32 Å². The highest BCUT2D eigenvalue weighted by Gasteiger charge is 1.89. The molecular formula is C9H9N3. The maximum absolute atomic E-state index is 8.39. The zero-order valence-electron chi connectivity index (χ0n) is 6.78. The first-order valence-electron chi connectivity index (χ1n) is 3.24. The van der Waals surface area contributed by atoms with Gasteiger partial charge in [0.1, 0.15) is 11.9 Å². The Balaban J connectivity index is 0.000000561. The van der Waals surface area contributed by atoms with E-state index in [1.165, 1.54) is 6.20 Å². The number of pyridine rings is 1. The van der Waals surface area contributed by atoms with E-state index in [1.54, 1.807) is 19.2 Å². The van der Waals surface area contributed by atoms with Crippen molar-refractivity contribution < 1.29 is 0 Å². The first kappa shape index (κ1) is 10.0. The molecule has 12 heavy (non-hydrogen) atoms. The van der Waals surface area contributed by atoms with Crippen LogP contribution in [0.3, 0.4) is 0 Å². The van der Waals surface area contributed by atoms with Crippen LogP contribution in [0.4, 0.5) is 5.82 Å². The number of hydrogen-bond acceptors (Lipinski definition) is 3. The van der Waals surface area contributed by atoms with Gasteiger partial charge in [-0.2, -0.15) is 5.26 Å². The Morgan fingerprint density at radius 3 is 2.50 bits per heavy atom. The second kappa shape index (κ2) is 5.76. The molecule has 0 bridgehead atoms. The van der Waals surface area contributed by atoms with Crippen LogP contribution in [0, 0.1) is 24.2 Å². The molecule has 0 aliphatic carbocycles. The molecule has 0 unspecified atom stereocenters. The molecule has 0 aliphatic rings. The normalized spacial score (nSPS) is 7.17. The number of terminal acetylenes is 1. The molecule has 1 aromatic heterocycles. The second-order valence-corrected chi connectivity index (χ2v) is 1.79. The number of nitrogens with one attached hydrogen (secondary N) is 1.